The molecule has 0 aliphatic carbocycles. The Hall–Kier alpha value is -2.73. The van der Waals surface area contributed by atoms with Gasteiger partial charge in [0.1, 0.15) is 5.54 Å². The summed E-state index contributed by atoms with van der Waals surface area (Å²) in [7, 11) is 0. The van der Waals surface area contributed by atoms with E-state index >= 15 is 0 Å². The predicted octanol–water partition coefficient (Wildman–Crippen LogP) is 2.74. The molecule has 1 amide bonds. The molecular weight excluding hydrogens is 330 g/mol. The van der Waals surface area contributed by atoms with Crippen LogP contribution in [0.25, 0.3) is 0 Å². The number of nitrogens with zero attached hydrogens (tertiary/aromatic N) is 2. The number of benzene rings is 2. The Morgan fingerprint density at radius 2 is 1.85 bits per heavy atom. The van der Waals surface area contributed by atoms with E-state index in [4.69, 9.17) is 0 Å². The van der Waals surface area contributed by atoms with Crippen LogP contribution in [0.2, 0.25) is 0 Å². The van der Waals surface area contributed by atoms with Crippen molar-refractivity contribution >= 4 is 11.6 Å². The highest BCUT2D eigenvalue weighted by Crippen LogP contribution is 2.59. The molecule has 2 fully saturated rings. The minimum absolute atomic E-state index is 0.135. The van der Waals surface area contributed by atoms with E-state index < -0.39 is 17.5 Å². The first-order chi connectivity index (χ1) is 12.7. The Balaban J connectivity index is 1.81. The van der Waals surface area contributed by atoms with Crippen molar-refractivity contribution < 1.29 is 9.72 Å². The number of nitro groups is 1. The van der Waals surface area contributed by atoms with E-state index in [1.165, 1.54) is 0 Å². The molecule has 2 aromatic rings. The molecule has 0 saturated carbocycles. The highest BCUT2D eigenvalue weighted by molar-refractivity contribution is 6.07. The predicted molar refractivity (Wildman–Crippen MR) is 96.4 cm³/mol. The van der Waals surface area contributed by atoms with Crippen LogP contribution in [-0.4, -0.2) is 34.4 Å². The van der Waals surface area contributed by atoms with Gasteiger partial charge in [0, 0.05) is 22.7 Å². The normalized spacial score (nSPS) is 32.5. The number of rotatable bonds is 2. The molecule has 0 radical (unpaired) electrons. The van der Waals surface area contributed by atoms with Gasteiger partial charge in [0.05, 0.1) is 12.0 Å². The van der Waals surface area contributed by atoms with Gasteiger partial charge in [-0.15, -0.1) is 0 Å². The molecule has 3 heterocycles. The fourth-order valence-electron chi connectivity index (χ4n) is 5.45. The second-order valence-electron chi connectivity index (χ2n) is 7.33. The van der Waals surface area contributed by atoms with Crippen LogP contribution in [0.3, 0.4) is 0 Å². The maximum Gasteiger partial charge on any atom is 0.250 e. The van der Waals surface area contributed by atoms with Crippen molar-refractivity contribution in [2.75, 3.05) is 11.9 Å². The van der Waals surface area contributed by atoms with E-state index in [-0.39, 0.29) is 16.9 Å². The number of carbonyl (C=O) groups is 1. The van der Waals surface area contributed by atoms with E-state index in [1.807, 2.05) is 54.6 Å². The minimum Gasteiger partial charge on any atom is -0.324 e. The molecule has 1 spiro atoms. The fraction of sp³-hybridized carbons (Fsp3) is 0.350. The number of nitrogens with one attached hydrogen (secondary N) is 1. The zero-order valence-corrected chi connectivity index (χ0v) is 14.2. The third kappa shape index (κ3) is 1.77. The van der Waals surface area contributed by atoms with Crippen molar-refractivity contribution in [3.63, 3.8) is 0 Å². The number of amides is 1. The van der Waals surface area contributed by atoms with Gasteiger partial charge in [-0.1, -0.05) is 48.5 Å². The van der Waals surface area contributed by atoms with Gasteiger partial charge in [-0.2, -0.15) is 0 Å². The van der Waals surface area contributed by atoms with Crippen molar-refractivity contribution in [1.29, 1.82) is 0 Å². The Morgan fingerprint density at radius 3 is 2.62 bits per heavy atom. The lowest BCUT2D eigenvalue weighted by Crippen LogP contribution is -2.50. The summed E-state index contributed by atoms with van der Waals surface area (Å²) in [5, 5.41) is 15.1. The first-order valence-corrected chi connectivity index (χ1v) is 9.02. The van der Waals surface area contributed by atoms with Crippen LogP contribution in [0.1, 0.15) is 29.9 Å². The number of carbonyl (C=O) groups excluding carboxylic acids is 1. The highest BCUT2D eigenvalue weighted by atomic mass is 16.6. The molecule has 2 aromatic carbocycles. The summed E-state index contributed by atoms with van der Waals surface area (Å²) < 4.78 is 0. The smallest absolute Gasteiger partial charge is 0.250 e. The van der Waals surface area contributed by atoms with Gasteiger partial charge in [0.2, 0.25) is 6.04 Å². The second kappa shape index (κ2) is 5.38. The topological polar surface area (TPSA) is 75.5 Å². The number of hydrogen-bond donors (Lipinski definition) is 1. The fourth-order valence-corrected chi connectivity index (χ4v) is 5.45. The molecule has 6 nitrogen and oxygen atoms in total. The molecule has 4 atom stereocenters. The standard InChI is InChI=1S/C20H19N3O3/c24-19-20(14-9-4-5-10-15(14)21-19)17(13-7-2-1-3-8-13)18(23(25)26)16-11-6-12-22(16)20/h1-5,7-10,16-18H,6,11-12H2,(H,21,24)/t16?,17?,18?,20-/m1/s1. The molecule has 132 valence electrons. The van der Waals surface area contributed by atoms with Crippen molar-refractivity contribution in [3.8, 4) is 0 Å². The van der Waals surface area contributed by atoms with Crippen molar-refractivity contribution in [1.82, 2.24) is 4.90 Å². The summed E-state index contributed by atoms with van der Waals surface area (Å²) in [5.74, 6) is -0.642. The van der Waals surface area contributed by atoms with Crippen LogP contribution in [0.5, 0.6) is 0 Å². The van der Waals surface area contributed by atoms with Crippen LogP contribution in [0.15, 0.2) is 54.6 Å². The molecule has 3 aliphatic rings. The Kier molecular flexibility index (Phi) is 3.21. The highest BCUT2D eigenvalue weighted by Gasteiger charge is 2.71. The van der Waals surface area contributed by atoms with Crippen molar-refractivity contribution in [2.45, 2.75) is 36.4 Å². The van der Waals surface area contributed by atoms with Gasteiger partial charge in [-0.25, -0.2) is 0 Å². The third-order valence-corrected chi connectivity index (χ3v) is 6.27. The lowest BCUT2D eigenvalue weighted by Gasteiger charge is -2.36. The summed E-state index contributed by atoms with van der Waals surface area (Å²) >= 11 is 0. The summed E-state index contributed by atoms with van der Waals surface area (Å²) in [5.41, 5.74) is 1.50. The number of anilines is 1. The maximum atomic E-state index is 13.4. The lowest BCUT2D eigenvalue weighted by atomic mass is 9.73. The first-order valence-electron chi connectivity index (χ1n) is 9.02. The van der Waals surface area contributed by atoms with Gasteiger partial charge in [-0.05, 0) is 24.5 Å². The SMILES string of the molecule is O=C1Nc2ccccc2[C@@]12C(c1ccccc1)C([N+](=O)[O-])C1CCCN12. The number of para-hydroxylation sites is 1. The van der Waals surface area contributed by atoms with E-state index in [0.29, 0.717) is 6.54 Å². The lowest BCUT2D eigenvalue weighted by molar-refractivity contribution is -0.527. The van der Waals surface area contributed by atoms with Crippen molar-refractivity contribution in [2.24, 2.45) is 0 Å². The number of fused-ring (bicyclic) bond motifs is 4. The van der Waals surface area contributed by atoms with Crippen LogP contribution in [0, 0.1) is 10.1 Å². The Morgan fingerprint density at radius 1 is 1.12 bits per heavy atom. The minimum atomic E-state index is -1.00. The van der Waals surface area contributed by atoms with Gasteiger partial charge >= 0.3 is 0 Å². The number of hydrogen-bond acceptors (Lipinski definition) is 4. The monoisotopic (exact) mass is 349 g/mol. The zero-order valence-electron chi connectivity index (χ0n) is 14.2. The molecule has 2 saturated heterocycles. The summed E-state index contributed by atoms with van der Waals surface area (Å²) in [6, 6.07) is 16.1. The molecule has 3 aliphatic heterocycles. The largest absolute Gasteiger partial charge is 0.324 e. The average Bonchev–Trinajstić information content (AvgIpc) is 3.29. The average molecular weight is 349 g/mol. The molecule has 0 bridgehead atoms. The quantitative estimate of drug-likeness (QED) is 0.668. The Labute approximate surface area is 151 Å². The van der Waals surface area contributed by atoms with E-state index in [0.717, 1.165) is 29.7 Å². The van der Waals surface area contributed by atoms with E-state index in [9.17, 15) is 14.9 Å². The molecule has 6 heteroatoms. The van der Waals surface area contributed by atoms with Gasteiger partial charge in [0.15, 0.2) is 0 Å². The summed E-state index contributed by atoms with van der Waals surface area (Å²) in [6.45, 7) is 0.708. The van der Waals surface area contributed by atoms with Gasteiger partial charge < -0.3 is 5.32 Å². The molecule has 5 rings (SSSR count). The van der Waals surface area contributed by atoms with E-state index in [1.54, 1.807) is 0 Å². The van der Waals surface area contributed by atoms with Gasteiger partial charge in [-0.3, -0.25) is 19.8 Å². The van der Waals surface area contributed by atoms with Crippen LogP contribution in [0.4, 0.5) is 5.69 Å². The molecular formula is C20H19N3O3. The third-order valence-electron chi connectivity index (χ3n) is 6.27. The van der Waals surface area contributed by atoms with E-state index in [2.05, 4.69) is 10.2 Å². The zero-order chi connectivity index (χ0) is 17.9. The molecule has 1 N–H and O–H groups in total. The van der Waals surface area contributed by atoms with Crippen LogP contribution >= 0.6 is 0 Å². The summed E-state index contributed by atoms with van der Waals surface area (Å²) in [4.78, 5) is 27.5. The first kappa shape index (κ1) is 15.5. The van der Waals surface area contributed by atoms with Crippen molar-refractivity contribution in [3.05, 3.63) is 75.8 Å². The molecule has 3 unspecified atom stereocenters. The second-order valence-corrected chi connectivity index (χ2v) is 7.33. The van der Waals surface area contributed by atoms with Gasteiger partial charge in [0.25, 0.3) is 5.91 Å². The molecule has 26 heavy (non-hydrogen) atoms. The van der Waals surface area contributed by atoms with Crippen LogP contribution < -0.4 is 5.32 Å². The molecule has 0 aromatic heterocycles. The maximum absolute atomic E-state index is 13.4. The van der Waals surface area contributed by atoms with Crippen LogP contribution in [-0.2, 0) is 10.3 Å². The Bertz CT molecular complexity index is 900. The summed E-state index contributed by atoms with van der Waals surface area (Å²) in [6.07, 6.45) is 1.64.